The lowest BCUT2D eigenvalue weighted by Crippen LogP contribution is -2.20. The molecule has 0 saturated heterocycles. The molecule has 0 heterocycles. The van der Waals surface area contributed by atoms with Crippen LogP contribution in [-0.2, 0) is 10.0 Å². The van der Waals surface area contributed by atoms with Crippen LogP contribution in [0, 0.1) is 0 Å². The van der Waals surface area contributed by atoms with Gasteiger partial charge >= 0.3 is 0 Å². The molecular weight excluding hydrogens is 238 g/mol. The van der Waals surface area contributed by atoms with E-state index in [1.54, 1.807) is 24.3 Å². The first-order chi connectivity index (χ1) is 8.11. The van der Waals surface area contributed by atoms with Crippen molar-refractivity contribution in [2.45, 2.75) is 4.90 Å². The van der Waals surface area contributed by atoms with Crippen LogP contribution in [0.3, 0.4) is 0 Å². The highest BCUT2D eigenvalue weighted by atomic mass is 32.2. The highest BCUT2D eigenvalue weighted by molar-refractivity contribution is 7.89. The molecule has 94 valence electrons. The van der Waals surface area contributed by atoms with Gasteiger partial charge in [0.15, 0.2) is 0 Å². The van der Waals surface area contributed by atoms with E-state index in [0.29, 0.717) is 18.8 Å². The zero-order valence-electron chi connectivity index (χ0n) is 9.68. The summed E-state index contributed by atoms with van der Waals surface area (Å²) < 4.78 is 25.7. The molecule has 5 nitrogen and oxygen atoms in total. The zero-order chi connectivity index (χ0) is 12.7. The highest BCUT2D eigenvalue weighted by Gasteiger charge is 2.14. The summed E-state index contributed by atoms with van der Waals surface area (Å²) in [5.41, 5.74) is 5.88. The van der Waals surface area contributed by atoms with E-state index >= 15 is 0 Å². The second-order valence-corrected chi connectivity index (χ2v) is 5.15. The molecule has 0 aliphatic rings. The van der Waals surface area contributed by atoms with Gasteiger partial charge in [0.1, 0.15) is 4.90 Å². The lowest BCUT2D eigenvalue weighted by molar-refractivity contribution is 0.588. The van der Waals surface area contributed by atoms with Gasteiger partial charge < -0.3 is 11.1 Å². The molecular formula is C11H17N3O2S. The van der Waals surface area contributed by atoms with Gasteiger partial charge in [0.05, 0.1) is 5.69 Å². The third-order valence-electron chi connectivity index (χ3n) is 2.16. The summed E-state index contributed by atoms with van der Waals surface area (Å²) >= 11 is 0. The van der Waals surface area contributed by atoms with Crippen molar-refractivity contribution in [3.05, 3.63) is 36.4 Å². The maximum Gasteiger partial charge on any atom is 0.242 e. The molecule has 0 radical (unpaired) electrons. The maximum absolute atomic E-state index is 11.7. The molecule has 0 unspecified atom stereocenters. The summed E-state index contributed by atoms with van der Waals surface area (Å²) in [6.07, 6.45) is 3.66. The van der Waals surface area contributed by atoms with Gasteiger partial charge in [0, 0.05) is 13.1 Å². The van der Waals surface area contributed by atoms with Crippen molar-refractivity contribution in [3.8, 4) is 0 Å². The highest BCUT2D eigenvalue weighted by Crippen LogP contribution is 2.19. The Morgan fingerprint density at radius 2 is 2.00 bits per heavy atom. The predicted molar refractivity (Wildman–Crippen MR) is 69.4 cm³/mol. The Morgan fingerprint density at radius 3 is 2.65 bits per heavy atom. The van der Waals surface area contributed by atoms with Crippen molar-refractivity contribution in [2.24, 2.45) is 5.73 Å². The van der Waals surface area contributed by atoms with Crippen molar-refractivity contribution < 1.29 is 8.42 Å². The van der Waals surface area contributed by atoms with Crippen LogP contribution in [0.15, 0.2) is 41.3 Å². The Hall–Kier alpha value is -1.37. The minimum absolute atomic E-state index is 0.239. The van der Waals surface area contributed by atoms with Crippen molar-refractivity contribution in [3.63, 3.8) is 0 Å². The van der Waals surface area contributed by atoms with Crippen LogP contribution in [-0.4, -0.2) is 28.6 Å². The summed E-state index contributed by atoms with van der Waals surface area (Å²) in [5, 5.41) is 3.03. The number of anilines is 1. The number of para-hydroxylation sites is 1. The van der Waals surface area contributed by atoms with Gasteiger partial charge in [-0.2, -0.15) is 0 Å². The van der Waals surface area contributed by atoms with Crippen molar-refractivity contribution in [1.82, 2.24) is 4.72 Å². The van der Waals surface area contributed by atoms with E-state index < -0.39 is 10.0 Å². The Balaban J connectivity index is 2.89. The standard InChI is InChI=1S/C11H17N3O2S/c1-13-17(15,16)11-7-3-2-6-10(11)14-9-5-4-8-12/h2-7,13-14H,8-9,12H2,1H3/b5-4+. The minimum atomic E-state index is -3.43. The Kier molecular flexibility index (Phi) is 5.14. The lowest BCUT2D eigenvalue weighted by atomic mass is 10.3. The summed E-state index contributed by atoms with van der Waals surface area (Å²) in [4.78, 5) is 0.239. The van der Waals surface area contributed by atoms with Gasteiger partial charge in [0.25, 0.3) is 0 Å². The van der Waals surface area contributed by atoms with E-state index in [0.717, 1.165) is 0 Å². The lowest BCUT2D eigenvalue weighted by Gasteiger charge is -2.10. The van der Waals surface area contributed by atoms with E-state index in [4.69, 9.17) is 5.73 Å². The van der Waals surface area contributed by atoms with Gasteiger partial charge in [0.2, 0.25) is 10.0 Å². The van der Waals surface area contributed by atoms with E-state index in [1.807, 2.05) is 12.2 Å². The van der Waals surface area contributed by atoms with Crippen LogP contribution in [0.1, 0.15) is 0 Å². The first kappa shape index (κ1) is 13.7. The third kappa shape index (κ3) is 3.85. The fourth-order valence-electron chi connectivity index (χ4n) is 1.31. The molecule has 0 fully saturated rings. The molecule has 1 aromatic carbocycles. The molecule has 0 aliphatic heterocycles. The number of hydrogen-bond acceptors (Lipinski definition) is 4. The van der Waals surface area contributed by atoms with Crippen LogP contribution in [0.5, 0.6) is 0 Å². The van der Waals surface area contributed by atoms with E-state index in [-0.39, 0.29) is 4.90 Å². The number of benzene rings is 1. The van der Waals surface area contributed by atoms with E-state index in [9.17, 15) is 8.42 Å². The average molecular weight is 255 g/mol. The molecule has 1 aromatic rings. The first-order valence-corrected chi connectivity index (χ1v) is 6.71. The van der Waals surface area contributed by atoms with Crippen molar-refractivity contribution >= 4 is 15.7 Å². The van der Waals surface area contributed by atoms with E-state index in [2.05, 4.69) is 10.0 Å². The Bertz CT molecular complexity index is 483. The molecule has 0 spiro atoms. The van der Waals surface area contributed by atoms with Gasteiger partial charge in [-0.15, -0.1) is 0 Å². The molecule has 0 saturated carbocycles. The second-order valence-electron chi connectivity index (χ2n) is 3.29. The SMILES string of the molecule is CNS(=O)(=O)c1ccccc1NC/C=C/CN. The summed E-state index contributed by atoms with van der Waals surface area (Å²) in [7, 11) is -2.04. The molecule has 0 aliphatic carbocycles. The first-order valence-electron chi connectivity index (χ1n) is 5.23. The second kappa shape index (κ2) is 6.39. The minimum Gasteiger partial charge on any atom is -0.380 e. The van der Waals surface area contributed by atoms with Gasteiger partial charge in [-0.25, -0.2) is 13.1 Å². The number of nitrogens with two attached hydrogens (primary N) is 1. The predicted octanol–water partition coefficient (Wildman–Crippen LogP) is 0.521. The third-order valence-corrected chi connectivity index (χ3v) is 3.63. The molecule has 6 heteroatoms. The van der Waals surface area contributed by atoms with Crippen LogP contribution in [0.25, 0.3) is 0 Å². The van der Waals surface area contributed by atoms with Gasteiger partial charge in [-0.05, 0) is 19.2 Å². The molecule has 0 aromatic heterocycles. The van der Waals surface area contributed by atoms with Crippen molar-refractivity contribution in [1.29, 1.82) is 0 Å². The topological polar surface area (TPSA) is 84.2 Å². The Labute approximate surface area is 102 Å². The normalized spacial score (nSPS) is 11.9. The summed E-state index contributed by atoms with van der Waals surface area (Å²) in [6.45, 7) is 1.01. The monoisotopic (exact) mass is 255 g/mol. The summed E-state index contributed by atoms with van der Waals surface area (Å²) in [5.74, 6) is 0. The summed E-state index contributed by atoms with van der Waals surface area (Å²) in [6, 6.07) is 6.75. The molecule has 0 amide bonds. The zero-order valence-corrected chi connectivity index (χ0v) is 10.5. The van der Waals surface area contributed by atoms with Crippen LogP contribution in [0.4, 0.5) is 5.69 Å². The smallest absolute Gasteiger partial charge is 0.242 e. The molecule has 1 rings (SSSR count). The van der Waals surface area contributed by atoms with Crippen LogP contribution in [0.2, 0.25) is 0 Å². The molecule has 0 atom stereocenters. The van der Waals surface area contributed by atoms with Gasteiger partial charge in [-0.1, -0.05) is 24.3 Å². The van der Waals surface area contributed by atoms with Crippen molar-refractivity contribution in [2.75, 3.05) is 25.5 Å². The average Bonchev–Trinajstić information content (AvgIpc) is 2.35. The van der Waals surface area contributed by atoms with Gasteiger partial charge in [-0.3, -0.25) is 0 Å². The number of hydrogen-bond donors (Lipinski definition) is 3. The maximum atomic E-state index is 11.7. The Morgan fingerprint density at radius 1 is 1.29 bits per heavy atom. The van der Waals surface area contributed by atoms with E-state index in [1.165, 1.54) is 7.05 Å². The number of sulfonamides is 1. The van der Waals surface area contributed by atoms with Crippen LogP contribution >= 0.6 is 0 Å². The molecule has 4 N–H and O–H groups in total. The number of nitrogens with one attached hydrogen (secondary N) is 2. The quantitative estimate of drug-likeness (QED) is 0.647. The van der Waals surface area contributed by atoms with Crippen LogP contribution < -0.4 is 15.8 Å². The molecule has 0 bridgehead atoms. The number of rotatable bonds is 6. The fraction of sp³-hybridized carbons (Fsp3) is 0.273. The fourth-order valence-corrected chi connectivity index (χ4v) is 2.21. The largest absolute Gasteiger partial charge is 0.380 e. The molecule has 17 heavy (non-hydrogen) atoms.